The third-order valence-corrected chi connectivity index (χ3v) is 6.41. The molecule has 0 unspecified atom stereocenters. The molecule has 30 heavy (non-hydrogen) atoms. The zero-order chi connectivity index (χ0) is 21.3. The van der Waals surface area contributed by atoms with Crippen molar-refractivity contribution in [3.05, 3.63) is 82.9 Å². The molecule has 0 aliphatic carbocycles. The van der Waals surface area contributed by atoms with Crippen molar-refractivity contribution in [3.8, 4) is 5.69 Å². The SMILES string of the molecule is CCCN1C(=S)N[C@H](c2ccccn2)[C@H]1c1cc(C)n(-c2ccc(CC)cc2)c1C. The van der Waals surface area contributed by atoms with Crippen LogP contribution in [0.4, 0.5) is 0 Å². The normalized spacial score (nSPS) is 18.7. The quantitative estimate of drug-likeness (QED) is 0.541. The maximum Gasteiger partial charge on any atom is 0.170 e. The van der Waals surface area contributed by atoms with E-state index < -0.39 is 0 Å². The Kier molecular flexibility index (Phi) is 5.91. The smallest absolute Gasteiger partial charge is 0.170 e. The largest absolute Gasteiger partial charge is 0.352 e. The Morgan fingerprint density at radius 1 is 1.07 bits per heavy atom. The molecule has 2 atom stereocenters. The number of rotatable bonds is 6. The molecule has 2 aromatic heterocycles. The first-order valence-electron chi connectivity index (χ1n) is 10.8. The fraction of sp³-hybridized carbons (Fsp3) is 0.360. The molecule has 3 aromatic rings. The molecule has 0 saturated carbocycles. The van der Waals surface area contributed by atoms with Gasteiger partial charge in [-0.1, -0.05) is 32.0 Å². The molecule has 1 aromatic carbocycles. The lowest BCUT2D eigenvalue weighted by atomic mass is 9.96. The van der Waals surface area contributed by atoms with Crippen LogP contribution in [0.25, 0.3) is 5.69 Å². The van der Waals surface area contributed by atoms with Gasteiger partial charge in [0.15, 0.2) is 5.11 Å². The molecule has 0 amide bonds. The standard InChI is InChI=1S/C25H30N4S/c1-5-15-28-24(23(27-25(28)30)22-9-7-8-14-26-22)21-16-17(3)29(18(21)4)20-12-10-19(6-2)11-13-20/h7-14,16,23-24H,5-6,15H2,1-4H3,(H,27,30)/t23-,24-/m1/s1. The van der Waals surface area contributed by atoms with Crippen molar-refractivity contribution in [2.45, 2.75) is 52.6 Å². The first-order valence-corrected chi connectivity index (χ1v) is 11.2. The van der Waals surface area contributed by atoms with Gasteiger partial charge in [0.25, 0.3) is 0 Å². The maximum absolute atomic E-state index is 5.74. The fourth-order valence-electron chi connectivity index (χ4n) is 4.59. The van der Waals surface area contributed by atoms with Gasteiger partial charge >= 0.3 is 0 Å². The highest BCUT2D eigenvalue weighted by molar-refractivity contribution is 7.80. The molecule has 4 rings (SSSR count). The van der Waals surface area contributed by atoms with Crippen LogP contribution in [-0.2, 0) is 6.42 Å². The Hall–Kier alpha value is -2.66. The van der Waals surface area contributed by atoms with Crippen LogP contribution in [-0.4, -0.2) is 26.1 Å². The van der Waals surface area contributed by atoms with Crippen molar-refractivity contribution in [2.24, 2.45) is 0 Å². The number of hydrogen-bond acceptors (Lipinski definition) is 2. The molecule has 156 valence electrons. The minimum atomic E-state index is 0.0432. The molecule has 0 bridgehead atoms. The lowest BCUT2D eigenvalue weighted by Gasteiger charge is -2.27. The third kappa shape index (κ3) is 3.63. The van der Waals surface area contributed by atoms with E-state index in [0.717, 1.165) is 30.2 Å². The van der Waals surface area contributed by atoms with Crippen LogP contribution in [0.1, 0.15) is 60.6 Å². The van der Waals surface area contributed by atoms with E-state index in [4.69, 9.17) is 12.2 Å². The highest BCUT2D eigenvalue weighted by Crippen LogP contribution is 2.41. The van der Waals surface area contributed by atoms with Crippen LogP contribution in [0.2, 0.25) is 0 Å². The Balaban J connectivity index is 1.80. The first kappa shape index (κ1) is 20.6. The van der Waals surface area contributed by atoms with Gasteiger partial charge in [0.2, 0.25) is 0 Å². The number of aryl methyl sites for hydroxylation is 2. The molecular formula is C25H30N4S. The number of pyridine rings is 1. The van der Waals surface area contributed by atoms with Crippen molar-refractivity contribution in [1.29, 1.82) is 0 Å². The van der Waals surface area contributed by atoms with Crippen molar-refractivity contribution in [2.75, 3.05) is 6.54 Å². The molecule has 1 aliphatic heterocycles. The van der Waals surface area contributed by atoms with Crippen LogP contribution >= 0.6 is 12.2 Å². The number of nitrogens with zero attached hydrogens (tertiary/aromatic N) is 3. The number of nitrogens with one attached hydrogen (secondary N) is 1. The molecule has 0 spiro atoms. The summed E-state index contributed by atoms with van der Waals surface area (Å²) in [5.41, 5.74) is 7.40. The summed E-state index contributed by atoms with van der Waals surface area (Å²) >= 11 is 5.74. The second-order valence-electron chi connectivity index (χ2n) is 8.00. The summed E-state index contributed by atoms with van der Waals surface area (Å²) < 4.78 is 2.36. The van der Waals surface area contributed by atoms with E-state index in [9.17, 15) is 0 Å². The first-order chi connectivity index (χ1) is 14.5. The van der Waals surface area contributed by atoms with Gasteiger partial charge in [-0.15, -0.1) is 0 Å². The van der Waals surface area contributed by atoms with E-state index in [1.807, 2.05) is 18.3 Å². The van der Waals surface area contributed by atoms with Crippen molar-refractivity contribution in [1.82, 2.24) is 19.8 Å². The average Bonchev–Trinajstić information content (AvgIpc) is 3.24. The van der Waals surface area contributed by atoms with Crippen molar-refractivity contribution >= 4 is 17.3 Å². The molecular weight excluding hydrogens is 388 g/mol. The summed E-state index contributed by atoms with van der Waals surface area (Å²) in [4.78, 5) is 6.98. The molecule has 4 nitrogen and oxygen atoms in total. The zero-order valence-electron chi connectivity index (χ0n) is 18.2. The monoisotopic (exact) mass is 418 g/mol. The van der Waals surface area contributed by atoms with Gasteiger partial charge in [-0.05, 0) is 80.4 Å². The van der Waals surface area contributed by atoms with Crippen LogP contribution < -0.4 is 5.32 Å². The van der Waals surface area contributed by atoms with E-state index in [1.165, 1.54) is 28.2 Å². The van der Waals surface area contributed by atoms with Gasteiger partial charge in [0, 0.05) is 29.8 Å². The summed E-state index contributed by atoms with van der Waals surface area (Å²) in [6, 6.07) is 17.5. The third-order valence-electron chi connectivity index (χ3n) is 6.05. The van der Waals surface area contributed by atoms with Gasteiger partial charge < -0.3 is 14.8 Å². The van der Waals surface area contributed by atoms with Crippen LogP contribution in [0.5, 0.6) is 0 Å². The highest BCUT2D eigenvalue weighted by Gasteiger charge is 2.40. The molecule has 1 N–H and O–H groups in total. The van der Waals surface area contributed by atoms with E-state index >= 15 is 0 Å². The lowest BCUT2D eigenvalue weighted by Crippen LogP contribution is -2.30. The van der Waals surface area contributed by atoms with E-state index in [0.29, 0.717) is 0 Å². The highest BCUT2D eigenvalue weighted by atomic mass is 32.1. The second kappa shape index (κ2) is 8.60. The second-order valence-corrected chi connectivity index (χ2v) is 8.39. The summed E-state index contributed by atoms with van der Waals surface area (Å²) in [5, 5.41) is 4.36. The summed E-state index contributed by atoms with van der Waals surface area (Å²) in [6.07, 6.45) is 3.96. The van der Waals surface area contributed by atoms with Crippen molar-refractivity contribution in [3.63, 3.8) is 0 Å². The van der Waals surface area contributed by atoms with Gasteiger partial charge in [-0.25, -0.2) is 0 Å². The average molecular weight is 419 g/mol. The maximum atomic E-state index is 5.74. The molecule has 1 aliphatic rings. The Bertz CT molecular complexity index is 1020. The van der Waals surface area contributed by atoms with Gasteiger partial charge in [-0.2, -0.15) is 0 Å². The lowest BCUT2D eigenvalue weighted by molar-refractivity contribution is 0.316. The van der Waals surface area contributed by atoms with Gasteiger partial charge in [0.1, 0.15) is 0 Å². The number of aromatic nitrogens is 2. The fourth-order valence-corrected chi connectivity index (χ4v) is 4.92. The predicted molar refractivity (Wildman–Crippen MR) is 127 cm³/mol. The van der Waals surface area contributed by atoms with Crippen LogP contribution in [0.15, 0.2) is 54.7 Å². The van der Waals surface area contributed by atoms with Crippen LogP contribution in [0.3, 0.4) is 0 Å². The van der Waals surface area contributed by atoms with Gasteiger partial charge in [0.05, 0.1) is 17.8 Å². The zero-order valence-corrected chi connectivity index (χ0v) is 19.0. The number of hydrogen-bond donors (Lipinski definition) is 1. The van der Waals surface area contributed by atoms with E-state index in [1.54, 1.807) is 0 Å². The van der Waals surface area contributed by atoms with E-state index in [-0.39, 0.29) is 12.1 Å². The summed E-state index contributed by atoms with van der Waals surface area (Å²) in [7, 11) is 0. The van der Waals surface area contributed by atoms with Crippen LogP contribution in [0, 0.1) is 13.8 Å². The number of thiocarbonyl (C=S) groups is 1. The minimum absolute atomic E-state index is 0.0432. The summed E-state index contributed by atoms with van der Waals surface area (Å²) in [5.74, 6) is 0. The Morgan fingerprint density at radius 2 is 1.83 bits per heavy atom. The Morgan fingerprint density at radius 3 is 2.47 bits per heavy atom. The Labute approximate surface area is 184 Å². The molecule has 3 heterocycles. The predicted octanol–water partition coefficient (Wildman–Crippen LogP) is 5.43. The molecule has 1 fully saturated rings. The number of benzene rings is 1. The molecule has 5 heteroatoms. The molecule has 1 saturated heterocycles. The topological polar surface area (TPSA) is 33.1 Å². The van der Waals surface area contributed by atoms with Crippen molar-refractivity contribution < 1.29 is 0 Å². The van der Waals surface area contributed by atoms with E-state index in [2.05, 4.69) is 83.9 Å². The minimum Gasteiger partial charge on any atom is -0.352 e. The van der Waals surface area contributed by atoms with Gasteiger partial charge in [-0.3, -0.25) is 4.98 Å². The summed E-state index contributed by atoms with van der Waals surface area (Å²) in [6.45, 7) is 9.72. The molecule has 0 radical (unpaired) electrons.